The summed E-state index contributed by atoms with van der Waals surface area (Å²) in [5, 5.41) is -0.642. The molecule has 0 bridgehead atoms. The van der Waals surface area contributed by atoms with E-state index in [4.69, 9.17) is 13.6 Å². The molecule has 0 rings (SSSR count). The molecule has 0 aliphatic rings. The molecule has 0 fully saturated rings. The Morgan fingerprint density at radius 2 is 1.80 bits per heavy atom. The molecule has 0 heterocycles. The highest BCUT2D eigenvalue weighted by molar-refractivity contribution is 6.53. The Morgan fingerprint density at radius 3 is 2.20 bits per heavy atom. The van der Waals surface area contributed by atoms with Gasteiger partial charge >= 0.3 is 15.3 Å². The summed E-state index contributed by atoms with van der Waals surface area (Å²) in [5.41, 5.74) is 0. The van der Waals surface area contributed by atoms with Crippen LogP contribution in [0.3, 0.4) is 0 Å². The molecule has 15 heavy (non-hydrogen) atoms. The molecule has 0 aromatic carbocycles. The first-order chi connectivity index (χ1) is 7.00. The molecule has 0 aliphatic heterocycles. The molecule has 0 N–H and O–H groups in total. The smallest absolute Gasteiger partial charge is 0.338 e. The van der Waals surface area contributed by atoms with Crippen molar-refractivity contribution in [2.24, 2.45) is 0 Å². The van der Waals surface area contributed by atoms with E-state index < -0.39 is 14.3 Å². The van der Waals surface area contributed by atoms with E-state index in [0.717, 1.165) is 12.8 Å². The van der Waals surface area contributed by atoms with Gasteiger partial charge < -0.3 is 13.6 Å². The van der Waals surface area contributed by atoms with Gasteiger partial charge in [0, 0.05) is 14.2 Å². The zero-order chi connectivity index (χ0) is 11.9. The summed E-state index contributed by atoms with van der Waals surface area (Å²) in [6.45, 7) is 6.16. The molecule has 0 aromatic heterocycles. The molecule has 0 radical (unpaired) electrons. The summed E-state index contributed by atoms with van der Waals surface area (Å²) in [5.74, 6) is -0.226. The Balaban J connectivity index is 4.23. The van der Waals surface area contributed by atoms with Crippen LogP contribution in [0.1, 0.15) is 33.6 Å². The lowest BCUT2D eigenvalue weighted by molar-refractivity contribution is -0.147. The van der Waals surface area contributed by atoms with Crippen molar-refractivity contribution in [3.8, 4) is 0 Å². The average molecular weight is 234 g/mol. The Morgan fingerprint density at radius 1 is 1.27 bits per heavy atom. The number of carbonyl (C=O) groups is 1. The van der Waals surface area contributed by atoms with Gasteiger partial charge in [0.05, 0.1) is 6.61 Å². The number of rotatable bonds is 7. The van der Waals surface area contributed by atoms with E-state index in [9.17, 15) is 4.79 Å². The van der Waals surface area contributed by atoms with Crippen molar-refractivity contribution in [1.82, 2.24) is 0 Å². The van der Waals surface area contributed by atoms with Crippen molar-refractivity contribution in [3.63, 3.8) is 0 Å². The fourth-order valence-electron chi connectivity index (χ4n) is 1.28. The lowest BCUT2D eigenvalue weighted by Gasteiger charge is -2.27. The number of esters is 1. The Kier molecular flexibility index (Phi) is 6.79. The topological polar surface area (TPSA) is 44.8 Å². The van der Waals surface area contributed by atoms with Gasteiger partial charge in [0.15, 0.2) is 0 Å². The molecule has 0 amide bonds. The highest BCUT2D eigenvalue weighted by atomic mass is 28.3. The maximum absolute atomic E-state index is 11.8. The normalized spacial score (nSPS) is 11.9. The minimum absolute atomic E-state index is 0.226. The van der Waals surface area contributed by atoms with Gasteiger partial charge in [-0.25, -0.2) is 0 Å². The van der Waals surface area contributed by atoms with E-state index in [1.807, 2.05) is 13.8 Å². The highest BCUT2D eigenvalue weighted by Crippen LogP contribution is 2.30. The molecule has 0 atom stereocenters. The van der Waals surface area contributed by atoms with Gasteiger partial charge in [-0.3, -0.25) is 4.79 Å². The lowest BCUT2D eigenvalue weighted by atomic mass is 10.2. The third kappa shape index (κ3) is 4.32. The fraction of sp³-hybridized carbons (Fsp3) is 0.900. The van der Waals surface area contributed by atoms with E-state index in [-0.39, 0.29) is 5.97 Å². The van der Waals surface area contributed by atoms with E-state index in [1.54, 1.807) is 14.2 Å². The van der Waals surface area contributed by atoms with Crippen LogP contribution >= 0.6 is 0 Å². The Hall–Kier alpha value is -0.393. The van der Waals surface area contributed by atoms with Crippen LogP contribution in [0.2, 0.25) is 5.04 Å². The van der Waals surface area contributed by atoms with Crippen molar-refractivity contribution in [2.45, 2.75) is 38.7 Å². The Labute approximate surface area is 93.8 Å². The van der Waals surface area contributed by atoms with Gasteiger partial charge in [0.25, 0.3) is 0 Å². The highest BCUT2D eigenvalue weighted by Gasteiger charge is 2.41. The number of unbranched alkanes of at least 4 members (excludes halogenated alkanes) is 1. The van der Waals surface area contributed by atoms with Crippen molar-refractivity contribution in [1.29, 1.82) is 0 Å². The maximum Gasteiger partial charge on any atom is 0.338 e. The zero-order valence-corrected chi connectivity index (χ0v) is 11.5. The molecular weight excluding hydrogens is 212 g/mol. The number of hydrogen-bond acceptors (Lipinski definition) is 4. The Bertz CT molecular complexity index is 190. The van der Waals surface area contributed by atoms with Gasteiger partial charge in [0.2, 0.25) is 0 Å². The molecule has 0 saturated carbocycles. The summed E-state index contributed by atoms with van der Waals surface area (Å²) in [6.07, 6.45) is 1.91. The van der Waals surface area contributed by atoms with E-state index in [1.165, 1.54) is 0 Å². The van der Waals surface area contributed by atoms with Crippen LogP contribution in [0, 0.1) is 0 Å². The maximum atomic E-state index is 11.8. The summed E-state index contributed by atoms with van der Waals surface area (Å²) < 4.78 is 15.6. The number of ether oxygens (including phenoxy) is 1. The molecular formula is C10H22O4Si. The molecule has 0 aliphatic carbocycles. The monoisotopic (exact) mass is 234 g/mol. The second-order valence-corrected chi connectivity index (χ2v) is 7.06. The molecule has 90 valence electrons. The third-order valence-corrected chi connectivity index (χ3v) is 4.55. The first-order valence-corrected chi connectivity index (χ1v) is 6.75. The molecule has 0 aromatic rings. The van der Waals surface area contributed by atoms with Crippen LogP contribution in [0.15, 0.2) is 0 Å². The summed E-state index contributed by atoms with van der Waals surface area (Å²) in [7, 11) is 1.16. The first kappa shape index (κ1) is 14.6. The molecule has 5 heteroatoms. The zero-order valence-electron chi connectivity index (χ0n) is 10.3. The quantitative estimate of drug-likeness (QED) is 0.381. The predicted octanol–water partition coefficient (Wildman–Crippen LogP) is 1.62. The van der Waals surface area contributed by atoms with Crippen LogP contribution in [0.5, 0.6) is 0 Å². The van der Waals surface area contributed by atoms with Gasteiger partial charge in [-0.1, -0.05) is 13.3 Å². The second-order valence-electron chi connectivity index (χ2n) is 4.01. The number of hydrogen-bond donors (Lipinski definition) is 0. The largest absolute Gasteiger partial charge is 0.465 e. The summed E-state index contributed by atoms with van der Waals surface area (Å²) >= 11 is 0. The minimum atomic E-state index is -1.99. The third-order valence-electron chi connectivity index (χ3n) is 2.27. The van der Waals surface area contributed by atoms with Gasteiger partial charge in [-0.05, 0) is 20.3 Å². The molecule has 0 spiro atoms. The van der Waals surface area contributed by atoms with Crippen LogP contribution < -0.4 is 0 Å². The molecule has 0 unspecified atom stereocenters. The SMILES string of the molecule is CCCCOC(=O)C(C)(C)[SiH](OC)OC. The number of carbonyl (C=O) groups excluding carboxylic acids is 1. The van der Waals surface area contributed by atoms with Crippen molar-refractivity contribution in [3.05, 3.63) is 0 Å². The van der Waals surface area contributed by atoms with E-state index >= 15 is 0 Å². The summed E-state index contributed by atoms with van der Waals surface area (Å²) in [6, 6.07) is 0. The molecule has 4 nitrogen and oxygen atoms in total. The van der Waals surface area contributed by atoms with Gasteiger partial charge in [0.1, 0.15) is 5.04 Å². The standard InChI is InChI=1S/C10H22O4Si/c1-6-7-8-14-9(11)10(2,3)15(12-4)13-5/h15H,6-8H2,1-5H3. The fourth-order valence-corrected chi connectivity index (χ4v) is 2.92. The average Bonchev–Trinajstić information content (AvgIpc) is 2.19. The first-order valence-electron chi connectivity index (χ1n) is 5.23. The van der Waals surface area contributed by atoms with Crippen LogP contribution in [0.25, 0.3) is 0 Å². The minimum Gasteiger partial charge on any atom is -0.465 e. The second kappa shape index (κ2) is 6.98. The van der Waals surface area contributed by atoms with E-state index in [0.29, 0.717) is 6.61 Å². The molecule has 0 saturated heterocycles. The van der Waals surface area contributed by atoms with Gasteiger partial charge in [-0.15, -0.1) is 0 Å². The van der Waals surface area contributed by atoms with Crippen LogP contribution in [-0.2, 0) is 18.4 Å². The van der Waals surface area contributed by atoms with Crippen LogP contribution in [-0.4, -0.2) is 36.1 Å². The van der Waals surface area contributed by atoms with Crippen molar-refractivity contribution < 1.29 is 18.4 Å². The lowest BCUT2D eigenvalue weighted by Crippen LogP contribution is -2.39. The van der Waals surface area contributed by atoms with Crippen molar-refractivity contribution >= 4 is 15.3 Å². The van der Waals surface area contributed by atoms with Crippen LogP contribution in [0.4, 0.5) is 0 Å². The van der Waals surface area contributed by atoms with Gasteiger partial charge in [-0.2, -0.15) is 0 Å². The summed E-state index contributed by atoms with van der Waals surface area (Å²) in [4.78, 5) is 11.8. The predicted molar refractivity (Wildman–Crippen MR) is 61.1 cm³/mol. The van der Waals surface area contributed by atoms with E-state index in [2.05, 4.69) is 6.92 Å². The van der Waals surface area contributed by atoms with Crippen molar-refractivity contribution in [2.75, 3.05) is 20.8 Å².